The van der Waals surface area contributed by atoms with Gasteiger partial charge in [0, 0.05) is 50.8 Å². The number of alkyl halides is 3. The minimum absolute atomic E-state index is 0.0380. The van der Waals surface area contributed by atoms with E-state index < -0.39 is 40.6 Å². The zero-order valence-electron chi connectivity index (χ0n) is 54.8. The molecule has 2 aliphatic rings. The van der Waals surface area contributed by atoms with Crippen LogP contribution in [0.4, 0.5) is 77.3 Å². The van der Waals surface area contributed by atoms with Crippen LogP contribution in [0.1, 0.15) is 110 Å². The van der Waals surface area contributed by atoms with Gasteiger partial charge in [-0.3, -0.25) is 20.4 Å². The third-order valence-electron chi connectivity index (χ3n) is 16.6. The van der Waals surface area contributed by atoms with Crippen LogP contribution >= 0.6 is 23.2 Å². The van der Waals surface area contributed by atoms with E-state index in [1.807, 2.05) is 57.2 Å². The molecule has 9 N–H and O–H groups in total. The van der Waals surface area contributed by atoms with Gasteiger partial charge in [0.25, 0.3) is 0 Å². The van der Waals surface area contributed by atoms with Gasteiger partial charge >= 0.3 is 6.18 Å². The maximum atomic E-state index is 13.6. The van der Waals surface area contributed by atoms with Gasteiger partial charge in [-0.1, -0.05) is 78.9 Å². The summed E-state index contributed by atoms with van der Waals surface area (Å²) >= 11 is 12.5. The van der Waals surface area contributed by atoms with Crippen LogP contribution in [0.3, 0.4) is 0 Å². The molecule has 0 atom stereocenters. The summed E-state index contributed by atoms with van der Waals surface area (Å²) in [4.78, 5) is 42.9. The molecule has 16 rings (SSSR count). The Hall–Kier alpha value is -11.4. The van der Waals surface area contributed by atoms with E-state index in [1.165, 1.54) is 37.5 Å². The lowest BCUT2D eigenvalue weighted by atomic mass is 9.88. The number of hydrogen-bond acceptors (Lipinski definition) is 19. The average molecular weight is 1430 g/mol. The maximum absolute atomic E-state index is 13.6. The first kappa shape index (κ1) is 69.1. The van der Waals surface area contributed by atoms with Crippen molar-refractivity contribution in [1.82, 2.24) is 90.6 Å². The Labute approximate surface area is 585 Å². The van der Waals surface area contributed by atoms with E-state index in [1.54, 1.807) is 44.2 Å². The highest BCUT2D eigenvalue weighted by molar-refractivity contribution is 6.33. The Balaban J connectivity index is 0.000000122. The van der Waals surface area contributed by atoms with Crippen LogP contribution in [0.2, 0.25) is 10.0 Å². The Morgan fingerprint density at radius 3 is 1.31 bits per heavy atom. The van der Waals surface area contributed by atoms with E-state index >= 15 is 0 Å². The molecule has 0 bridgehead atoms. The maximum Gasteiger partial charge on any atom is 0.416 e. The standard InChI is InChI=1S/C19H15ClFN5.C19H23FN6O.C18H10ClF4N5.C14H13FN6/c1-10-7-16(23-17(11(10)2)13-5-3-4-6-15(13)20)24-19-14-8-12(21)9-22-18(14)25-26-19;1-19(2,27)14-9-15(23-16(22-14)11-6-4-3-5-7-11)24-18-13-8-12(20)10-21-17(13)25-26-18;19-13-4-2-1-3-11(13)14-5-9(18(21,22)23)6-15(25-14)26-17-12-7-10(20)8-24-16(12)27-28-17;1-7-4-11(18-12(17-7)8-2-3-8)19-14-10-5-9(15)6-16-13(10)20-21-14/h3-9H,1-2H3,(H2,22,23,24,25,26);8-11,27H,3-7H2,1-2H3,(H2,21,22,23,24,25,26);1-8H,(H2,24,25,26,27,28);4-6,8H,2-3H2,1H3,(H2,16,17,18,19,20,21). The number of halogens is 9. The molecule has 2 saturated carbocycles. The monoisotopic (exact) mass is 1430 g/mol. The van der Waals surface area contributed by atoms with E-state index in [0.29, 0.717) is 96.1 Å². The largest absolute Gasteiger partial charge is 0.416 e. The van der Waals surface area contributed by atoms with Gasteiger partial charge in [-0.2, -0.15) is 33.6 Å². The number of fused-ring (bicyclic) bond motifs is 4. The molecule has 12 heterocycles. The highest BCUT2D eigenvalue weighted by Crippen LogP contribution is 2.41. The van der Waals surface area contributed by atoms with Crippen molar-refractivity contribution in [2.45, 2.75) is 103 Å². The number of aromatic nitrogens is 18. The second kappa shape index (κ2) is 29.1. The normalized spacial score (nSPS) is 13.3. The Bertz CT molecular complexity index is 5400. The predicted molar refractivity (Wildman–Crippen MR) is 374 cm³/mol. The minimum Gasteiger partial charge on any atom is -0.384 e. The zero-order chi connectivity index (χ0) is 71.6. The first-order valence-electron chi connectivity index (χ1n) is 32.0. The van der Waals surface area contributed by atoms with Crippen LogP contribution in [0.25, 0.3) is 66.6 Å². The number of rotatable bonds is 13. The second-order valence-corrected chi connectivity index (χ2v) is 25.6. The van der Waals surface area contributed by atoms with Crippen molar-refractivity contribution in [3.8, 4) is 22.5 Å². The molecule has 2 aromatic carbocycles. The SMILES string of the molecule is CC(C)(O)c1cc(Nc2[nH]nc3ncc(F)cc23)nc(C2CCCCC2)n1.Cc1cc(Nc2[nH]nc3ncc(F)cc23)nc(-c2ccccc2Cl)c1C.Cc1cc(Nc2[nH]nc3ncc(F)cc23)nc(C2CC2)n1.Fc1cnc2n[nH]c(Nc3cc(C(F)(F)F)cc(-c4ccccc4Cl)n3)c2c1. The number of hydrogen-bond donors (Lipinski definition) is 9. The fourth-order valence-electron chi connectivity index (χ4n) is 11.2. The molecule has 0 aliphatic heterocycles. The Kier molecular flexibility index (Phi) is 19.7. The number of aryl methyl sites for hydroxylation is 2. The van der Waals surface area contributed by atoms with Crippen LogP contribution in [-0.2, 0) is 11.8 Å². The zero-order valence-corrected chi connectivity index (χ0v) is 56.4. The molecule has 0 spiro atoms. The summed E-state index contributed by atoms with van der Waals surface area (Å²) in [6.07, 6.45) is 7.77. The van der Waals surface area contributed by atoms with Crippen molar-refractivity contribution in [3.63, 3.8) is 0 Å². The van der Waals surface area contributed by atoms with Gasteiger partial charge in [-0.25, -0.2) is 67.4 Å². The minimum atomic E-state index is -4.60. The summed E-state index contributed by atoms with van der Waals surface area (Å²) in [5.41, 5.74) is 5.14. The number of nitrogens with zero attached hydrogens (tertiary/aromatic N) is 14. The molecule has 14 aromatic rings. The predicted octanol–water partition coefficient (Wildman–Crippen LogP) is 17.5. The fraction of sp³-hybridized carbons (Fsp3) is 0.229. The molecular weight excluding hydrogens is 1370 g/mol. The molecule has 2 aliphatic carbocycles. The summed E-state index contributed by atoms with van der Waals surface area (Å²) in [6, 6.07) is 26.6. The van der Waals surface area contributed by atoms with E-state index in [0.717, 1.165) is 108 Å². The number of nitrogens with one attached hydrogen (secondary N) is 8. The molecule has 0 radical (unpaired) electrons. The first-order chi connectivity index (χ1) is 48.9. The molecule has 0 saturated heterocycles. The van der Waals surface area contributed by atoms with Crippen molar-refractivity contribution in [1.29, 1.82) is 0 Å². The molecule has 520 valence electrons. The number of benzene rings is 2. The van der Waals surface area contributed by atoms with Gasteiger partial charge in [-0.15, -0.1) is 0 Å². The number of anilines is 8. The molecule has 2 fully saturated rings. The third kappa shape index (κ3) is 16.1. The van der Waals surface area contributed by atoms with Gasteiger partial charge in [0.05, 0.1) is 69.0 Å². The molecule has 0 unspecified atom stereocenters. The van der Waals surface area contributed by atoms with Crippen molar-refractivity contribution in [3.05, 3.63) is 201 Å². The average Bonchev–Trinajstić information content (AvgIpc) is 1.18. The summed E-state index contributed by atoms with van der Waals surface area (Å²) in [5.74, 6) is 4.01. The number of aromatic amines is 4. The van der Waals surface area contributed by atoms with Gasteiger partial charge < -0.3 is 26.4 Å². The van der Waals surface area contributed by atoms with E-state index in [4.69, 9.17) is 28.2 Å². The van der Waals surface area contributed by atoms with E-state index in [2.05, 4.69) is 107 Å². The highest BCUT2D eigenvalue weighted by Gasteiger charge is 2.33. The third-order valence-corrected chi connectivity index (χ3v) is 17.3. The number of aliphatic hydroxyl groups is 1. The van der Waals surface area contributed by atoms with Crippen molar-refractivity contribution >= 4 is 114 Å². The van der Waals surface area contributed by atoms with Gasteiger partial charge in [0.2, 0.25) is 0 Å². The first-order valence-corrected chi connectivity index (χ1v) is 32.8. The van der Waals surface area contributed by atoms with E-state index in [-0.39, 0.29) is 33.4 Å². The van der Waals surface area contributed by atoms with Crippen LogP contribution in [0, 0.1) is 44.0 Å². The molecule has 32 heteroatoms. The number of H-pyrrole nitrogens is 4. The van der Waals surface area contributed by atoms with Gasteiger partial charge in [-0.05, 0) is 126 Å². The van der Waals surface area contributed by atoms with Crippen molar-refractivity contribution in [2.75, 3.05) is 21.3 Å². The summed E-state index contributed by atoms with van der Waals surface area (Å²) in [5, 5.41) is 52.7. The summed E-state index contributed by atoms with van der Waals surface area (Å²) in [6.45, 7) is 9.36. The highest BCUT2D eigenvalue weighted by atomic mass is 35.5. The Morgan fingerprint density at radius 2 is 0.873 bits per heavy atom. The molecule has 12 aromatic heterocycles. The summed E-state index contributed by atoms with van der Waals surface area (Å²) in [7, 11) is 0. The van der Waals surface area contributed by atoms with E-state index in [9.17, 15) is 35.8 Å². The van der Waals surface area contributed by atoms with Crippen LogP contribution in [-0.4, -0.2) is 95.7 Å². The van der Waals surface area contributed by atoms with Crippen molar-refractivity contribution < 1.29 is 35.8 Å². The fourth-order valence-corrected chi connectivity index (χ4v) is 11.7. The lowest BCUT2D eigenvalue weighted by molar-refractivity contribution is -0.137. The van der Waals surface area contributed by atoms with Crippen molar-refractivity contribution in [2.24, 2.45) is 0 Å². The van der Waals surface area contributed by atoms with Crippen LogP contribution < -0.4 is 21.3 Å². The quantitative estimate of drug-likeness (QED) is 0.0484. The van der Waals surface area contributed by atoms with Crippen LogP contribution in [0.15, 0.2) is 128 Å². The van der Waals surface area contributed by atoms with Gasteiger partial charge in [0.15, 0.2) is 22.6 Å². The Morgan fingerprint density at radius 1 is 0.461 bits per heavy atom. The molecular formula is C70H61Cl2F7N22O. The molecule has 102 heavy (non-hydrogen) atoms. The van der Waals surface area contributed by atoms with Gasteiger partial charge in [0.1, 0.15) is 87.1 Å². The molecule has 23 nitrogen and oxygen atoms in total. The number of pyridine rings is 6. The van der Waals surface area contributed by atoms with Crippen LogP contribution in [0.5, 0.6) is 0 Å². The second-order valence-electron chi connectivity index (χ2n) is 24.8. The lowest BCUT2D eigenvalue weighted by Gasteiger charge is -2.24. The smallest absolute Gasteiger partial charge is 0.384 e. The summed E-state index contributed by atoms with van der Waals surface area (Å²) < 4.78 is 94.0. The molecule has 0 amide bonds. The topological polar surface area (TPSA) is 312 Å². The lowest BCUT2D eigenvalue weighted by Crippen LogP contribution is -2.21.